The average molecular weight is 370 g/mol. The van der Waals surface area contributed by atoms with Gasteiger partial charge in [0.05, 0.1) is 6.10 Å². The Kier molecular flexibility index (Phi) is 4.67. The fourth-order valence-electron chi connectivity index (χ4n) is 3.29. The van der Waals surface area contributed by atoms with Gasteiger partial charge < -0.3 is 21.9 Å². The maximum atomic E-state index is 14.4. The zero-order chi connectivity index (χ0) is 19.1. The van der Waals surface area contributed by atoms with Crippen molar-refractivity contribution in [2.45, 2.75) is 31.1 Å². The maximum absolute atomic E-state index is 14.4. The quantitative estimate of drug-likeness (QED) is 0.627. The van der Waals surface area contributed by atoms with E-state index in [-0.39, 0.29) is 18.9 Å². The van der Waals surface area contributed by atoms with Gasteiger partial charge in [-0.05, 0) is 12.5 Å². The number of anilines is 1. The van der Waals surface area contributed by atoms with Crippen molar-refractivity contribution in [1.82, 2.24) is 14.5 Å². The van der Waals surface area contributed by atoms with Gasteiger partial charge in [0, 0.05) is 43.5 Å². The van der Waals surface area contributed by atoms with Crippen LogP contribution in [-0.2, 0) is 9.53 Å². The van der Waals surface area contributed by atoms with Gasteiger partial charge in [-0.1, -0.05) is 0 Å². The molecule has 1 aromatic heterocycles. The lowest BCUT2D eigenvalue weighted by Gasteiger charge is -2.30. The van der Waals surface area contributed by atoms with Gasteiger partial charge in [-0.15, -0.1) is 0 Å². The highest BCUT2D eigenvalue weighted by atomic mass is 19.3. The van der Waals surface area contributed by atoms with Crippen molar-refractivity contribution >= 4 is 11.7 Å². The van der Waals surface area contributed by atoms with Gasteiger partial charge in [0.1, 0.15) is 5.82 Å². The lowest BCUT2D eigenvalue weighted by atomic mass is 10.0. The van der Waals surface area contributed by atoms with Gasteiger partial charge in [0.25, 0.3) is 5.92 Å². The van der Waals surface area contributed by atoms with E-state index in [0.29, 0.717) is 24.2 Å². The van der Waals surface area contributed by atoms with Crippen LogP contribution in [-0.4, -0.2) is 52.0 Å². The average Bonchev–Trinajstić information content (AvgIpc) is 2.81. The van der Waals surface area contributed by atoms with Crippen molar-refractivity contribution in [1.29, 1.82) is 0 Å². The van der Waals surface area contributed by atoms with Crippen molar-refractivity contribution in [2.75, 3.05) is 25.4 Å². The minimum atomic E-state index is -3.23. The molecule has 2 atom stereocenters. The number of ether oxygens (including phenoxy) is 1. The molecular formula is C15H20F2N6O3. The number of hydrogen-bond acceptors (Lipinski definition) is 7. The summed E-state index contributed by atoms with van der Waals surface area (Å²) in [5.74, 6) is -3.85. The zero-order valence-corrected chi connectivity index (χ0v) is 13.9. The third kappa shape index (κ3) is 3.53. The molecule has 1 amide bonds. The van der Waals surface area contributed by atoms with Gasteiger partial charge in [-0.3, -0.25) is 14.3 Å². The smallest absolute Gasteiger partial charge is 0.351 e. The number of hydrogen-bond donors (Lipinski definition) is 3. The van der Waals surface area contributed by atoms with E-state index in [1.807, 2.05) is 4.90 Å². The molecule has 2 aliphatic heterocycles. The van der Waals surface area contributed by atoms with Crippen molar-refractivity contribution in [3.63, 3.8) is 0 Å². The first-order valence-electron chi connectivity index (χ1n) is 8.05. The van der Waals surface area contributed by atoms with E-state index in [2.05, 4.69) is 4.98 Å². The molecular weight excluding hydrogens is 350 g/mol. The minimum Gasteiger partial charge on any atom is -0.401 e. The number of carbonyl (C=O) groups excluding carboxylic acids is 1. The van der Waals surface area contributed by atoms with Crippen LogP contribution in [0.3, 0.4) is 0 Å². The van der Waals surface area contributed by atoms with Gasteiger partial charge in [0.15, 0.2) is 0 Å². The molecule has 26 heavy (non-hydrogen) atoms. The molecule has 9 nitrogen and oxygen atoms in total. The second-order valence-corrected chi connectivity index (χ2v) is 6.47. The minimum absolute atomic E-state index is 0.0510. The Morgan fingerprint density at radius 3 is 2.77 bits per heavy atom. The molecule has 6 N–H and O–H groups in total. The second-order valence-electron chi connectivity index (χ2n) is 6.47. The molecule has 1 aromatic rings. The topological polar surface area (TPSA) is 142 Å². The van der Waals surface area contributed by atoms with Gasteiger partial charge >= 0.3 is 5.69 Å². The molecule has 0 radical (unpaired) electrons. The molecule has 0 saturated carbocycles. The summed E-state index contributed by atoms with van der Waals surface area (Å²) in [6, 6.07) is 1.26. The predicted molar refractivity (Wildman–Crippen MR) is 87.8 cm³/mol. The molecule has 0 aromatic carbocycles. The summed E-state index contributed by atoms with van der Waals surface area (Å²) in [6.07, 6.45) is -1.59. The van der Waals surface area contributed by atoms with Crippen molar-refractivity contribution in [3.8, 4) is 0 Å². The largest absolute Gasteiger partial charge is 0.401 e. The Balaban J connectivity index is 1.71. The normalized spacial score (nSPS) is 26.2. The van der Waals surface area contributed by atoms with Gasteiger partial charge in [0.2, 0.25) is 12.1 Å². The Hall–Kier alpha value is -2.53. The van der Waals surface area contributed by atoms with Crippen molar-refractivity contribution in [3.05, 3.63) is 34.0 Å². The molecule has 3 rings (SSSR count). The van der Waals surface area contributed by atoms with E-state index in [4.69, 9.17) is 21.9 Å². The molecule has 0 spiro atoms. The number of rotatable bonds is 4. The van der Waals surface area contributed by atoms with E-state index in [1.54, 1.807) is 0 Å². The Morgan fingerprint density at radius 2 is 2.15 bits per heavy atom. The van der Waals surface area contributed by atoms with Gasteiger partial charge in [-0.2, -0.15) is 4.98 Å². The molecule has 1 saturated heterocycles. The maximum Gasteiger partial charge on any atom is 0.351 e. The predicted octanol–water partition coefficient (Wildman–Crippen LogP) is -0.848. The highest BCUT2D eigenvalue weighted by Crippen LogP contribution is 2.42. The lowest BCUT2D eigenvalue weighted by Crippen LogP contribution is -2.41. The fourth-order valence-corrected chi connectivity index (χ4v) is 3.29. The summed E-state index contributed by atoms with van der Waals surface area (Å²) in [4.78, 5) is 28.4. The van der Waals surface area contributed by atoms with Crippen LogP contribution in [0.4, 0.5) is 14.6 Å². The Morgan fingerprint density at radius 1 is 1.42 bits per heavy atom. The monoisotopic (exact) mass is 370 g/mol. The van der Waals surface area contributed by atoms with E-state index in [1.165, 1.54) is 6.07 Å². The van der Waals surface area contributed by atoms with Crippen molar-refractivity contribution in [2.24, 2.45) is 11.5 Å². The highest BCUT2D eigenvalue weighted by Gasteiger charge is 2.52. The first-order valence-corrected chi connectivity index (χ1v) is 8.05. The summed E-state index contributed by atoms with van der Waals surface area (Å²) < 4.78 is 34.9. The SMILES string of the molecule is NC(=O)C1=C(N)CN(C[C@@H]2CC(F)(F)[C@H](n3ccc(N)nc3=O)O2)CC1. The van der Waals surface area contributed by atoms with Crippen LogP contribution in [0.1, 0.15) is 19.1 Å². The first kappa shape index (κ1) is 18.3. The first-order chi connectivity index (χ1) is 12.2. The summed E-state index contributed by atoms with van der Waals surface area (Å²) in [5, 5.41) is 0. The number of nitrogen functional groups attached to an aromatic ring is 1. The number of nitrogens with two attached hydrogens (primary N) is 3. The summed E-state index contributed by atoms with van der Waals surface area (Å²) in [6.45, 7) is 0.895. The number of aromatic nitrogens is 2. The molecule has 1 fully saturated rings. The molecule has 3 heterocycles. The molecule has 0 aliphatic carbocycles. The number of amides is 1. The van der Waals surface area contributed by atoms with E-state index in [9.17, 15) is 18.4 Å². The number of alkyl halides is 2. The second kappa shape index (κ2) is 6.65. The van der Waals surface area contributed by atoms with Crippen LogP contribution in [0.25, 0.3) is 0 Å². The van der Waals surface area contributed by atoms with Crippen molar-refractivity contribution < 1.29 is 18.3 Å². The van der Waals surface area contributed by atoms with Crippen LogP contribution >= 0.6 is 0 Å². The number of carbonyl (C=O) groups is 1. The van der Waals surface area contributed by atoms with Crippen LogP contribution < -0.4 is 22.9 Å². The summed E-state index contributed by atoms with van der Waals surface area (Å²) in [7, 11) is 0. The Labute approximate surface area is 147 Å². The fraction of sp³-hybridized carbons (Fsp3) is 0.533. The number of primary amides is 1. The van der Waals surface area contributed by atoms with E-state index in [0.717, 1.165) is 10.8 Å². The Bertz CT molecular complexity index is 809. The van der Waals surface area contributed by atoms with Gasteiger partial charge in [-0.25, -0.2) is 13.6 Å². The van der Waals surface area contributed by atoms with Crippen LogP contribution in [0, 0.1) is 0 Å². The van der Waals surface area contributed by atoms with E-state index < -0.39 is 36.3 Å². The molecule has 11 heteroatoms. The number of halogens is 2. The van der Waals surface area contributed by atoms with Crippen LogP contribution in [0.2, 0.25) is 0 Å². The number of nitrogens with zero attached hydrogens (tertiary/aromatic N) is 3. The molecule has 0 unspecified atom stereocenters. The van der Waals surface area contributed by atoms with E-state index >= 15 is 0 Å². The summed E-state index contributed by atoms with van der Waals surface area (Å²) >= 11 is 0. The third-order valence-electron chi connectivity index (χ3n) is 4.51. The lowest BCUT2D eigenvalue weighted by molar-refractivity contribution is -0.119. The molecule has 142 valence electrons. The third-order valence-corrected chi connectivity index (χ3v) is 4.51. The molecule has 2 aliphatic rings. The van der Waals surface area contributed by atoms with Crippen LogP contribution in [0.15, 0.2) is 28.3 Å². The molecule has 0 bridgehead atoms. The standard InChI is InChI=1S/C15H20F2N6O3/c16-15(17)5-8(6-22-3-1-9(12(20)24)10(18)7-22)26-13(15)23-4-2-11(19)21-14(23)25/h2,4,8,13H,1,3,5-7,18H2,(H2,20,24)(H2,19,21,25)/t8-,13+/m0/s1. The summed E-state index contributed by atoms with van der Waals surface area (Å²) in [5.41, 5.74) is 16.3. The van der Waals surface area contributed by atoms with Crippen LogP contribution in [0.5, 0.6) is 0 Å². The highest BCUT2D eigenvalue weighted by molar-refractivity contribution is 5.92. The zero-order valence-electron chi connectivity index (χ0n) is 13.9.